The highest BCUT2D eigenvalue weighted by Gasteiger charge is 2.26. The van der Waals surface area contributed by atoms with Gasteiger partial charge in [-0.05, 0) is 26.1 Å². The molecule has 0 aliphatic heterocycles. The van der Waals surface area contributed by atoms with E-state index in [9.17, 15) is 4.79 Å². The van der Waals surface area contributed by atoms with Gasteiger partial charge in [-0.1, -0.05) is 43.8 Å². The molecule has 0 saturated carbocycles. The standard InChI is InChI=1S/C15H21NO2.BrH/c1-5-13(18-14(17)6-2)15(16(3)4)12-10-8-7-9-11-12;/h6-11,13,15H,2,5H2,1,3-4H3;1H. The summed E-state index contributed by atoms with van der Waals surface area (Å²) in [5.74, 6) is -0.371. The van der Waals surface area contributed by atoms with Gasteiger partial charge in [0.15, 0.2) is 0 Å². The molecule has 1 aromatic rings. The summed E-state index contributed by atoms with van der Waals surface area (Å²) in [5, 5.41) is 0. The predicted molar refractivity (Wildman–Crippen MR) is 83.6 cm³/mol. The zero-order valence-electron chi connectivity index (χ0n) is 11.7. The first-order chi connectivity index (χ1) is 8.60. The fourth-order valence-corrected chi connectivity index (χ4v) is 2.06. The fourth-order valence-electron chi connectivity index (χ4n) is 2.06. The van der Waals surface area contributed by atoms with Crippen molar-refractivity contribution in [2.45, 2.75) is 25.5 Å². The Bertz CT molecular complexity index is 392. The van der Waals surface area contributed by atoms with Crippen LogP contribution in [0.1, 0.15) is 24.9 Å². The van der Waals surface area contributed by atoms with E-state index < -0.39 is 0 Å². The largest absolute Gasteiger partial charge is 0.457 e. The average Bonchev–Trinajstić information content (AvgIpc) is 2.38. The Balaban J connectivity index is 0.00000324. The van der Waals surface area contributed by atoms with Crippen LogP contribution in [0.5, 0.6) is 0 Å². The molecule has 0 heterocycles. The van der Waals surface area contributed by atoms with Crippen LogP contribution in [0.25, 0.3) is 0 Å². The summed E-state index contributed by atoms with van der Waals surface area (Å²) < 4.78 is 5.43. The second kappa shape index (κ2) is 8.88. The van der Waals surface area contributed by atoms with Crippen LogP contribution in [0.15, 0.2) is 43.0 Å². The zero-order valence-corrected chi connectivity index (χ0v) is 13.4. The van der Waals surface area contributed by atoms with E-state index >= 15 is 0 Å². The second-order valence-corrected chi connectivity index (χ2v) is 4.41. The van der Waals surface area contributed by atoms with Crippen molar-refractivity contribution in [1.82, 2.24) is 4.90 Å². The molecule has 3 nitrogen and oxygen atoms in total. The molecule has 2 atom stereocenters. The van der Waals surface area contributed by atoms with Crippen molar-refractivity contribution in [3.8, 4) is 0 Å². The molecule has 106 valence electrons. The van der Waals surface area contributed by atoms with Gasteiger partial charge in [0.2, 0.25) is 0 Å². The maximum atomic E-state index is 11.4. The molecule has 0 bridgehead atoms. The molecule has 0 radical (unpaired) electrons. The summed E-state index contributed by atoms with van der Waals surface area (Å²) in [6, 6.07) is 10.1. The third kappa shape index (κ3) is 5.17. The Kier molecular flexibility index (Phi) is 8.35. The van der Waals surface area contributed by atoms with Crippen molar-refractivity contribution < 1.29 is 9.53 Å². The van der Waals surface area contributed by atoms with E-state index in [1.807, 2.05) is 39.2 Å². The summed E-state index contributed by atoms with van der Waals surface area (Å²) in [4.78, 5) is 13.4. The SMILES string of the molecule is Br.C=CC(=O)OC(CC)C(c1ccccc1)N(C)C. The first-order valence-corrected chi connectivity index (χ1v) is 6.14. The number of likely N-dealkylation sites (N-methyl/N-ethyl adjacent to an activating group) is 1. The van der Waals surface area contributed by atoms with E-state index in [1.54, 1.807) is 0 Å². The number of ether oxygens (including phenoxy) is 1. The fraction of sp³-hybridized carbons (Fsp3) is 0.400. The van der Waals surface area contributed by atoms with Crippen molar-refractivity contribution in [1.29, 1.82) is 0 Å². The average molecular weight is 328 g/mol. The van der Waals surface area contributed by atoms with Crippen LogP contribution in [0.2, 0.25) is 0 Å². The second-order valence-electron chi connectivity index (χ2n) is 4.41. The summed E-state index contributed by atoms with van der Waals surface area (Å²) in [6.07, 6.45) is 1.80. The van der Waals surface area contributed by atoms with Crippen LogP contribution in [-0.4, -0.2) is 31.1 Å². The third-order valence-electron chi connectivity index (χ3n) is 2.89. The molecule has 2 unspecified atom stereocenters. The lowest BCUT2D eigenvalue weighted by molar-refractivity contribution is -0.146. The molecule has 0 N–H and O–H groups in total. The van der Waals surface area contributed by atoms with E-state index in [4.69, 9.17) is 4.74 Å². The highest BCUT2D eigenvalue weighted by molar-refractivity contribution is 8.93. The summed E-state index contributed by atoms with van der Waals surface area (Å²) in [7, 11) is 3.98. The van der Waals surface area contributed by atoms with Gasteiger partial charge in [-0.25, -0.2) is 4.79 Å². The number of carbonyl (C=O) groups is 1. The minimum atomic E-state index is -0.371. The molecular formula is C15H22BrNO2. The molecule has 0 saturated heterocycles. The van der Waals surface area contributed by atoms with E-state index in [0.717, 1.165) is 12.0 Å². The predicted octanol–water partition coefficient (Wildman–Crippen LogP) is 3.38. The molecule has 19 heavy (non-hydrogen) atoms. The maximum absolute atomic E-state index is 11.4. The molecule has 1 aromatic carbocycles. The lowest BCUT2D eigenvalue weighted by Gasteiger charge is -2.31. The summed E-state index contributed by atoms with van der Waals surface area (Å²) in [6.45, 7) is 5.45. The number of hydrogen-bond acceptors (Lipinski definition) is 3. The van der Waals surface area contributed by atoms with Crippen molar-refractivity contribution in [3.63, 3.8) is 0 Å². The lowest BCUT2D eigenvalue weighted by Crippen LogP contribution is -2.34. The monoisotopic (exact) mass is 327 g/mol. The first kappa shape index (κ1) is 17.9. The smallest absolute Gasteiger partial charge is 0.330 e. The minimum absolute atomic E-state index is 0. The molecule has 0 amide bonds. The van der Waals surface area contributed by atoms with Crippen LogP contribution in [-0.2, 0) is 9.53 Å². The molecule has 4 heteroatoms. The Labute approximate surface area is 126 Å². The van der Waals surface area contributed by atoms with Crippen molar-refractivity contribution in [2.24, 2.45) is 0 Å². The number of benzene rings is 1. The van der Waals surface area contributed by atoms with Crippen LogP contribution in [0.3, 0.4) is 0 Å². The number of halogens is 1. The number of carbonyl (C=O) groups excluding carboxylic acids is 1. The quantitative estimate of drug-likeness (QED) is 0.592. The first-order valence-electron chi connectivity index (χ1n) is 6.14. The highest BCUT2D eigenvalue weighted by Crippen LogP contribution is 2.26. The van der Waals surface area contributed by atoms with E-state index in [1.165, 1.54) is 6.08 Å². The molecule has 0 aliphatic carbocycles. The topological polar surface area (TPSA) is 29.5 Å². The summed E-state index contributed by atoms with van der Waals surface area (Å²) in [5.41, 5.74) is 1.14. The number of nitrogens with zero attached hydrogens (tertiary/aromatic N) is 1. The van der Waals surface area contributed by atoms with Crippen molar-refractivity contribution >= 4 is 23.0 Å². The van der Waals surface area contributed by atoms with Gasteiger partial charge in [0, 0.05) is 6.08 Å². The van der Waals surface area contributed by atoms with Crippen LogP contribution in [0, 0.1) is 0 Å². The van der Waals surface area contributed by atoms with E-state index in [-0.39, 0.29) is 35.1 Å². The van der Waals surface area contributed by atoms with Crippen LogP contribution < -0.4 is 0 Å². The van der Waals surface area contributed by atoms with E-state index in [0.29, 0.717) is 0 Å². The van der Waals surface area contributed by atoms with Gasteiger partial charge < -0.3 is 4.74 Å². The van der Waals surface area contributed by atoms with Gasteiger partial charge in [-0.15, -0.1) is 17.0 Å². The van der Waals surface area contributed by atoms with Crippen molar-refractivity contribution in [2.75, 3.05) is 14.1 Å². The lowest BCUT2D eigenvalue weighted by atomic mass is 9.98. The Morgan fingerprint density at radius 2 is 1.95 bits per heavy atom. The van der Waals surface area contributed by atoms with Gasteiger partial charge in [-0.2, -0.15) is 0 Å². The minimum Gasteiger partial charge on any atom is -0.457 e. The third-order valence-corrected chi connectivity index (χ3v) is 2.89. The number of esters is 1. The Hall–Kier alpha value is -1.13. The van der Waals surface area contributed by atoms with Gasteiger partial charge in [0.05, 0.1) is 6.04 Å². The van der Waals surface area contributed by atoms with Gasteiger partial charge in [0.1, 0.15) is 6.10 Å². The normalized spacial score (nSPS) is 13.3. The number of hydrogen-bond donors (Lipinski definition) is 0. The van der Waals surface area contributed by atoms with Crippen LogP contribution in [0.4, 0.5) is 0 Å². The summed E-state index contributed by atoms with van der Waals surface area (Å²) >= 11 is 0. The molecule has 0 aromatic heterocycles. The zero-order chi connectivity index (χ0) is 13.5. The maximum Gasteiger partial charge on any atom is 0.330 e. The molecule has 0 fully saturated rings. The molecule has 0 aliphatic rings. The van der Waals surface area contributed by atoms with E-state index in [2.05, 4.69) is 23.6 Å². The van der Waals surface area contributed by atoms with Crippen LogP contribution >= 0.6 is 17.0 Å². The van der Waals surface area contributed by atoms with Gasteiger partial charge in [0.25, 0.3) is 0 Å². The van der Waals surface area contributed by atoms with Crippen molar-refractivity contribution in [3.05, 3.63) is 48.6 Å². The number of rotatable bonds is 6. The molecular weight excluding hydrogens is 306 g/mol. The van der Waals surface area contributed by atoms with Gasteiger partial charge in [-0.3, -0.25) is 4.90 Å². The Morgan fingerprint density at radius 3 is 2.37 bits per heavy atom. The van der Waals surface area contributed by atoms with Gasteiger partial charge >= 0.3 is 5.97 Å². The highest BCUT2D eigenvalue weighted by atomic mass is 79.9. The molecule has 1 rings (SSSR count). The molecule has 0 spiro atoms. The Morgan fingerprint density at radius 1 is 1.37 bits per heavy atom.